The first kappa shape index (κ1) is 16.0. The van der Waals surface area contributed by atoms with Crippen molar-refractivity contribution in [3.63, 3.8) is 0 Å². The third kappa shape index (κ3) is 3.27. The monoisotopic (exact) mass is 311 g/mol. The van der Waals surface area contributed by atoms with Crippen LogP contribution in [0.4, 0.5) is 8.78 Å². The van der Waals surface area contributed by atoms with Gasteiger partial charge in [-0.3, -0.25) is 0 Å². The van der Waals surface area contributed by atoms with E-state index in [4.69, 9.17) is 0 Å². The van der Waals surface area contributed by atoms with Crippen molar-refractivity contribution in [1.29, 1.82) is 0 Å². The molecule has 0 radical (unpaired) electrons. The van der Waals surface area contributed by atoms with Gasteiger partial charge in [0.2, 0.25) is 0 Å². The van der Waals surface area contributed by atoms with Gasteiger partial charge in [0, 0.05) is 5.56 Å². The first-order valence-corrected chi connectivity index (χ1v) is 7.86. The van der Waals surface area contributed by atoms with Crippen LogP contribution in [0, 0.1) is 18.6 Å². The fourth-order valence-corrected chi connectivity index (χ4v) is 3.07. The van der Waals surface area contributed by atoms with E-state index in [0.717, 1.165) is 23.4 Å². The molecule has 21 heavy (non-hydrogen) atoms. The van der Waals surface area contributed by atoms with E-state index in [2.05, 4.69) is 21.8 Å². The number of nitrogens with zero attached hydrogens (tertiary/aromatic N) is 2. The molecule has 0 spiro atoms. The average molecular weight is 311 g/mol. The second-order valence-electron chi connectivity index (χ2n) is 4.92. The number of hydrogen-bond donors (Lipinski definition) is 1. The number of benzene rings is 1. The smallest absolute Gasteiger partial charge is 0.164 e. The standard InChI is InChI=1S/C15H19F2N3S/c1-4-6-11-15(21-20-19-11)14(18-5-2)10-8-7-9(3)12(16)13(10)17/h7-8,14,18H,4-6H2,1-3H3. The zero-order valence-corrected chi connectivity index (χ0v) is 13.2. The molecule has 0 fully saturated rings. The SMILES string of the molecule is CCCc1nnsc1C(NCC)c1ccc(C)c(F)c1F. The molecule has 0 amide bonds. The van der Waals surface area contributed by atoms with Crippen LogP contribution in [-0.4, -0.2) is 16.1 Å². The zero-order valence-electron chi connectivity index (χ0n) is 12.4. The van der Waals surface area contributed by atoms with Gasteiger partial charge in [0.15, 0.2) is 11.6 Å². The van der Waals surface area contributed by atoms with Crippen molar-refractivity contribution in [3.8, 4) is 0 Å². The van der Waals surface area contributed by atoms with Gasteiger partial charge in [-0.05, 0) is 37.0 Å². The van der Waals surface area contributed by atoms with Crippen molar-refractivity contribution in [1.82, 2.24) is 14.9 Å². The van der Waals surface area contributed by atoms with Crippen LogP contribution < -0.4 is 5.32 Å². The molecule has 3 nitrogen and oxygen atoms in total. The lowest BCUT2D eigenvalue weighted by Crippen LogP contribution is -2.23. The van der Waals surface area contributed by atoms with Gasteiger partial charge in [0.25, 0.3) is 0 Å². The molecule has 1 aromatic heterocycles. The maximum atomic E-state index is 14.3. The van der Waals surface area contributed by atoms with Crippen LogP contribution in [0.2, 0.25) is 0 Å². The Kier molecular flexibility index (Phi) is 5.36. The molecule has 6 heteroatoms. The number of halogens is 2. The number of nitrogens with one attached hydrogen (secondary N) is 1. The van der Waals surface area contributed by atoms with E-state index in [-0.39, 0.29) is 0 Å². The summed E-state index contributed by atoms with van der Waals surface area (Å²) in [5.41, 5.74) is 1.47. The maximum absolute atomic E-state index is 14.3. The molecule has 0 bridgehead atoms. The van der Waals surface area contributed by atoms with Crippen molar-refractivity contribution in [3.05, 3.63) is 45.5 Å². The average Bonchev–Trinajstić information content (AvgIpc) is 2.92. The number of aryl methyl sites for hydroxylation is 2. The minimum Gasteiger partial charge on any atom is -0.306 e. The van der Waals surface area contributed by atoms with Crippen LogP contribution in [0.5, 0.6) is 0 Å². The summed E-state index contributed by atoms with van der Waals surface area (Å²) in [4.78, 5) is 0.862. The predicted molar refractivity (Wildman–Crippen MR) is 80.5 cm³/mol. The summed E-state index contributed by atoms with van der Waals surface area (Å²) in [5.74, 6) is -1.58. The third-order valence-corrected chi connectivity index (χ3v) is 4.19. The van der Waals surface area contributed by atoms with Crippen molar-refractivity contribution < 1.29 is 8.78 Å². The Morgan fingerprint density at radius 3 is 2.67 bits per heavy atom. The lowest BCUT2D eigenvalue weighted by atomic mass is 10.00. The molecule has 114 valence electrons. The van der Waals surface area contributed by atoms with Crippen LogP contribution in [0.1, 0.15) is 48.0 Å². The molecule has 1 unspecified atom stereocenters. The molecule has 0 aliphatic rings. The van der Waals surface area contributed by atoms with E-state index >= 15 is 0 Å². The molecule has 1 N–H and O–H groups in total. The van der Waals surface area contributed by atoms with Gasteiger partial charge in [-0.1, -0.05) is 36.9 Å². The molecular weight excluding hydrogens is 292 g/mol. The Balaban J connectivity index is 2.48. The fourth-order valence-electron chi connectivity index (χ4n) is 2.28. The molecule has 2 rings (SSSR count). The minimum absolute atomic E-state index is 0.308. The molecule has 0 saturated carbocycles. The molecule has 0 aliphatic heterocycles. The van der Waals surface area contributed by atoms with Crippen LogP contribution >= 0.6 is 11.5 Å². The van der Waals surface area contributed by atoms with Crippen molar-refractivity contribution in [2.75, 3.05) is 6.54 Å². The Labute approximate surface area is 127 Å². The highest BCUT2D eigenvalue weighted by Crippen LogP contribution is 2.31. The Morgan fingerprint density at radius 2 is 2.00 bits per heavy atom. The van der Waals surface area contributed by atoms with E-state index in [1.807, 2.05) is 6.92 Å². The highest BCUT2D eigenvalue weighted by Gasteiger charge is 2.25. The lowest BCUT2D eigenvalue weighted by Gasteiger charge is -2.19. The van der Waals surface area contributed by atoms with Gasteiger partial charge >= 0.3 is 0 Å². The second-order valence-corrected chi connectivity index (χ2v) is 5.71. The highest BCUT2D eigenvalue weighted by atomic mass is 32.1. The summed E-state index contributed by atoms with van der Waals surface area (Å²) in [6.07, 6.45) is 1.71. The Morgan fingerprint density at radius 1 is 1.24 bits per heavy atom. The lowest BCUT2D eigenvalue weighted by molar-refractivity contribution is 0.479. The fraction of sp³-hybridized carbons (Fsp3) is 0.467. The van der Waals surface area contributed by atoms with Crippen molar-refractivity contribution in [2.24, 2.45) is 0 Å². The summed E-state index contributed by atoms with van der Waals surface area (Å²) >= 11 is 1.24. The van der Waals surface area contributed by atoms with Crippen LogP contribution in [0.25, 0.3) is 0 Å². The number of rotatable bonds is 6. The summed E-state index contributed by atoms with van der Waals surface area (Å²) in [5, 5.41) is 7.33. The highest BCUT2D eigenvalue weighted by molar-refractivity contribution is 7.05. The van der Waals surface area contributed by atoms with Gasteiger partial charge in [0.1, 0.15) is 0 Å². The first-order chi connectivity index (χ1) is 10.1. The molecule has 1 heterocycles. The quantitative estimate of drug-likeness (QED) is 0.882. The van der Waals surface area contributed by atoms with Crippen LogP contribution in [0.3, 0.4) is 0 Å². The van der Waals surface area contributed by atoms with E-state index < -0.39 is 17.7 Å². The van der Waals surface area contributed by atoms with E-state index in [1.165, 1.54) is 11.5 Å². The van der Waals surface area contributed by atoms with Crippen LogP contribution in [-0.2, 0) is 6.42 Å². The van der Waals surface area contributed by atoms with Gasteiger partial charge in [-0.15, -0.1) is 5.10 Å². The molecule has 2 aromatic rings. The van der Waals surface area contributed by atoms with Gasteiger partial charge in [-0.25, -0.2) is 8.78 Å². The second kappa shape index (κ2) is 7.04. The molecule has 1 aromatic carbocycles. The first-order valence-electron chi connectivity index (χ1n) is 7.09. The Bertz CT molecular complexity index is 613. The molecule has 0 saturated heterocycles. The van der Waals surface area contributed by atoms with E-state index in [0.29, 0.717) is 17.7 Å². The van der Waals surface area contributed by atoms with Gasteiger partial charge in [0.05, 0.1) is 16.6 Å². The minimum atomic E-state index is -0.795. The van der Waals surface area contributed by atoms with E-state index in [1.54, 1.807) is 19.1 Å². The third-order valence-electron chi connectivity index (χ3n) is 3.36. The molecule has 0 aliphatic carbocycles. The zero-order chi connectivity index (χ0) is 15.4. The van der Waals surface area contributed by atoms with Crippen molar-refractivity contribution >= 4 is 11.5 Å². The normalized spacial score (nSPS) is 12.6. The summed E-state index contributed by atoms with van der Waals surface area (Å²) < 4.78 is 32.1. The van der Waals surface area contributed by atoms with E-state index in [9.17, 15) is 8.78 Å². The maximum Gasteiger partial charge on any atom is 0.164 e. The largest absolute Gasteiger partial charge is 0.306 e. The van der Waals surface area contributed by atoms with Crippen LogP contribution in [0.15, 0.2) is 12.1 Å². The molecule has 1 atom stereocenters. The van der Waals surface area contributed by atoms with Crippen molar-refractivity contribution in [2.45, 2.75) is 39.7 Å². The van der Waals surface area contributed by atoms with Gasteiger partial charge < -0.3 is 5.32 Å². The summed E-state index contributed by atoms with van der Waals surface area (Å²) in [6, 6.07) is 2.83. The summed E-state index contributed by atoms with van der Waals surface area (Å²) in [6.45, 7) is 6.19. The molecular formula is C15H19F2N3S. The topological polar surface area (TPSA) is 37.8 Å². The predicted octanol–water partition coefficient (Wildman–Crippen LogP) is 3.78. The number of hydrogen-bond acceptors (Lipinski definition) is 4. The summed E-state index contributed by atoms with van der Waals surface area (Å²) in [7, 11) is 0. The Hall–Kier alpha value is -1.40. The van der Waals surface area contributed by atoms with Gasteiger partial charge in [-0.2, -0.15) is 0 Å². The number of aromatic nitrogens is 2.